The number of methoxy groups -OCH3 is 1. The van der Waals surface area contributed by atoms with Crippen LogP contribution in [0.25, 0.3) is 0 Å². The minimum absolute atomic E-state index is 0.138. The molecule has 1 aromatic rings. The molecule has 8 heteroatoms. The Kier molecular flexibility index (Phi) is 4.38. The number of benzene rings is 1. The Hall–Kier alpha value is -1.80. The molecule has 21 heavy (non-hydrogen) atoms. The largest absolute Gasteiger partial charge is 0.504 e. The molecule has 1 aliphatic heterocycles. The molecule has 0 bridgehead atoms. The van der Waals surface area contributed by atoms with Gasteiger partial charge in [-0.2, -0.15) is 0 Å². The summed E-state index contributed by atoms with van der Waals surface area (Å²) in [6.07, 6.45) is 0.576. The zero-order valence-corrected chi connectivity index (χ0v) is 12.5. The number of ether oxygens (including phenoxy) is 1. The topological polar surface area (TPSA) is 110 Å². The number of sulfonamides is 1. The van der Waals surface area contributed by atoms with Crippen LogP contribution in [0.15, 0.2) is 18.2 Å². The number of phenolic OH excluding ortho intramolecular Hbond substituents is 1. The molecule has 0 radical (unpaired) electrons. The smallest absolute Gasteiger partial charge is 0.257 e. The summed E-state index contributed by atoms with van der Waals surface area (Å²) in [5.74, 6) is -0.637. The summed E-state index contributed by atoms with van der Waals surface area (Å²) in [7, 11) is -2.14. The van der Waals surface area contributed by atoms with Gasteiger partial charge in [-0.15, -0.1) is 0 Å². The predicted octanol–water partition coefficient (Wildman–Crippen LogP) is 0.151. The molecular formula is C13H18N2O5S. The molecular weight excluding hydrogens is 296 g/mol. The zero-order chi connectivity index (χ0) is 15.6. The maximum atomic E-state index is 12.4. The van der Waals surface area contributed by atoms with Gasteiger partial charge in [0.05, 0.1) is 18.4 Å². The van der Waals surface area contributed by atoms with Crippen LogP contribution in [-0.4, -0.2) is 50.3 Å². The number of para-hydroxylation sites is 1. The second-order valence-corrected chi connectivity index (χ2v) is 6.75. The van der Waals surface area contributed by atoms with E-state index in [1.54, 1.807) is 12.1 Å². The van der Waals surface area contributed by atoms with Crippen molar-refractivity contribution in [1.29, 1.82) is 0 Å². The van der Waals surface area contributed by atoms with Gasteiger partial charge in [0.25, 0.3) is 5.91 Å². The lowest BCUT2D eigenvalue weighted by Gasteiger charge is -2.17. The van der Waals surface area contributed by atoms with E-state index < -0.39 is 10.0 Å². The van der Waals surface area contributed by atoms with E-state index in [1.165, 1.54) is 18.1 Å². The Morgan fingerprint density at radius 1 is 1.52 bits per heavy atom. The number of phenols is 1. The minimum atomic E-state index is -3.55. The quantitative estimate of drug-likeness (QED) is 0.822. The van der Waals surface area contributed by atoms with Crippen molar-refractivity contribution in [2.75, 3.05) is 26.0 Å². The average molecular weight is 314 g/mol. The number of likely N-dealkylation sites (tertiary alicyclic amines) is 1. The molecule has 0 spiro atoms. The fraction of sp³-hybridized carbons (Fsp3) is 0.462. The predicted molar refractivity (Wildman–Crippen MR) is 76.6 cm³/mol. The van der Waals surface area contributed by atoms with Gasteiger partial charge in [-0.05, 0) is 24.5 Å². The van der Waals surface area contributed by atoms with Crippen molar-refractivity contribution in [2.45, 2.75) is 6.42 Å². The minimum Gasteiger partial charge on any atom is -0.504 e. The fourth-order valence-electron chi connectivity index (χ4n) is 2.51. The van der Waals surface area contributed by atoms with Gasteiger partial charge in [0.2, 0.25) is 10.0 Å². The number of carbonyl (C=O) groups is 1. The highest BCUT2D eigenvalue weighted by Crippen LogP contribution is 2.31. The fourth-order valence-corrected chi connectivity index (χ4v) is 3.44. The van der Waals surface area contributed by atoms with Gasteiger partial charge in [-0.25, -0.2) is 13.6 Å². The van der Waals surface area contributed by atoms with Crippen molar-refractivity contribution < 1.29 is 23.1 Å². The van der Waals surface area contributed by atoms with Gasteiger partial charge in [0, 0.05) is 13.1 Å². The van der Waals surface area contributed by atoms with Crippen molar-refractivity contribution in [2.24, 2.45) is 11.1 Å². The first-order chi connectivity index (χ1) is 9.81. The summed E-state index contributed by atoms with van der Waals surface area (Å²) in [4.78, 5) is 13.9. The molecule has 0 saturated carbocycles. The van der Waals surface area contributed by atoms with Crippen LogP contribution in [-0.2, 0) is 10.0 Å². The summed E-state index contributed by atoms with van der Waals surface area (Å²) >= 11 is 0. The number of aromatic hydroxyl groups is 1. The van der Waals surface area contributed by atoms with E-state index in [4.69, 9.17) is 9.88 Å². The SMILES string of the molecule is COc1cccc(C(=O)N2CC[C@@H](CS(N)(=O)=O)C2)c1O. The van der Waals surface area contributed by atoms with Gasteiger partial charge >= 0.3 is 0 Å². The molecule has 0 aromatic heterocycles. The molecule has 116 valence electrons. The lowest BCUT2D eigenvalue weighted by atomic mass is 10.1. The first-order valence-corrected chi connectivity index (χ1v) is 8.19. The van der Waals surface area contributed by atoms with E-state index in [2.05, 4.69) is 0 Å². The molecule has 3 N–H and O–H groups in total. The number of hydrogen-bond acceptors (Lipinski definition) is 5. The van der Waals surface area contributed by atoms with E-state index in [1.807, 2.05) is 0 Å². The van der Waals surface area contributed by atoms with Crippen LogP contribution < -0.4 is 9.88 Å². The molecule has 1 amide bonds. The Morgan fingerprint density at radius 3 is 2.86 bits per heavy atom. The number of primary sulfonamides is 1. The van der Waals surface area contributed by atoms with E-state index in [0.29, 0.717) is 19.5 Å². The third-order valence-electron chi connectivity index (χ3n) is 3.49. The lowest BCUT2D eigenvalue weighted by molar-refractivity contribution is 0.0784. The number of hydrogen-bond donors (Lipinski definition) is 2. The van der Waals surface area contributed by atoms with Crippen LogP contribution in [0.5, 0.6) is 11.5 Å². The summed E-state index contributed by atoms with van der Waals surface area (Å²) in [6, 6.07) is 4.68. The van der Waals surface area contributed by atoms with Crippen LogP contribution in [0.2, 0.25) is 0 Å². The first-order valence-electron chi connectivity index (χ1n) is 6.47. The van der Waals surface area contributed by atoms with E-state index >= 15 is 0 Å². The number of carbonyl (C=O) groups excluding carboxylic acids is 1. The van der Waals surface area contributed by atoms with Crippen molar-refractivity contribution in [3.63, 3.8) is 0 Å². The van der Waals surface area contributed by atoms with Gasteiger partial charge in [0.1, 0.15) is 0 Å². The normalized spacial score (nSPS) is 18.8. The maximum absolute atomic E-state index is 12.4. The molecule has 1 heterocycles. The summed E-state index contributed by atoms with van der Waals surface area (Å²) < 4.78 is 27.1. The van der Waals surface area contributed by atoms with Crippen LogP contribution in [0.3, 0.4) is 0 Å². The van der Waals surface area contributed by atoms with Crippen molar-refractivity contribution in [1.82, 2.24) is 4.90 Å². The van der Waals surface area contributed by atoms with Crippen LogP contribution in [0.1, 0.15) is 16.8 Å². The van der Waals surface area contributed by atoms with Gasteiger partial charge < -0.3 is 14.7 Å². The molecule has 0 aliphatic carbocycles. The monoisotopic (exact) mass is 314 g/mol. The average Bonchev–Trinajstić information content (AvgIpc) is 2.84. The zero-order valence-electron chi connectivity index (χ0n) is 11.7. The van der Waals surface area contributed by atoms with E-state index in [-0.39, 0.29) is 34.6 Å². The van der Waals surface area contributed by atoms with Crippen molar-refractivity contribution in [3.8, 4) is 11.5 Å². The van der Waals surface area contributed by atoms with Gasteiger partial charge in [-0.1, -0.05) is 6.07 Å². The molecule has 7 nitrogen and oxygen atoms in total. The molecule has 1 aliphatic rings. The summed E-state index contributed by atoms with van der Waals surface area (Å²) in [5, 5.41) is 15.0. The third-order valence-corrected chi connectivity index (χ3v) is 4.43. The number of amides is 1. The standard InChI is InChI=1S/C13H18N2O5S/c1-20-11-4-2-3-10(12(11)16)13(17)15-6-5-9(7-15)8-21(14,18)19/h2-4,9,16H,5-8H2,1H3,(H2,14,18,19)/t9-/m1/s1. The highest BCUT2D eigenvalue weighted by atomic mass is 32.2. The Balaban J connectivity index is 2.12. The van der Waals surface area contributed by atoms with Crippen LogP contribution >= 0.6 is 0 Å². The molecule has 2 rings (SSSR count). The molecule has 1 atom stereocenters. The van der Waals surface area contributed by atoms with Crippen LogP contribution in [0, 0.1) is 5.92 Å². The summed E-state index contributed by atoms with van der Waals surface area (Å²) in [5.41, 5.74) is 0.144. The van der Waals surface area contributed by atoms with Gasteiger partial charge in [0.15, 0.2) is 11.5 Å². The third kappa shape index (κ3) is 3.64. The molecule has 0 unspecified atom stereocenters. The molecule has 1 fully saturated rings. The first kappa shape index (κ1) is 15.6. The Labute approximate surface area is 123 Å². The van der Waals surface area contributed by atoms with E-state index in [9.17, 15) is 18.3 Å². The Bertz CT molecular complexity index is 644. The second kappa shape index (κ2) is 5.90. The highest BCUT2D eigenvalue weighted by molar-refractivity contribution is 7.89. The molecule has 1 aromatic carbocycles. The summed E-state index contributed by atoms with van der Waals surface area (Å²) in [6.45, 7) is 0.752. The number of rotatable bonds is 4. The van der Waals surface area contributed by atoms with Crippen LogP contribution in [0.4, 0.5) is 0 Å². The second-order valence-electron chi connectivity index (χ2n) is 5.09. The Morgan fingerprint density at radius 2 is 2.24 bits per heavy atom. The number of nitrogens with zero attached hydrogens (tertiary/aromatic N) is 1. The maximum Gasteiger partial charge on any atom is 0.257 e. The van der Waals surface area contributed by atoms with E-state index in [0.717, 1.165) is 0 Å². The van der Waals surface area contributed by atoms with Crippen molar-refractivity contribution in [3.05, 3.63) is 23.8 Å². The van der Waals surface area contributed by atoms with Crippen molar-refractivity contribution >= 4 is 15.9 Å². The number of nitrogens with two attached hydrogens (primary N) is 1. The molecule has 1 saturated heterocycles. The highest BCUT2D eigenvalue weighted by Gasteiger charge is 2.30. The van der Waals surface area contributed by atoms with Gasteiger partial charge in [-0.3, -0.25) is 4.79 Å². The lowest BCUT2D eigenvalue weighted by Crippen LogP contribution is -2.30.